The number of esters is 4. The fourth-order valence-corrected chi connectivity index (χ4v) is 3.84. The predicted octanol–water partition coefficient (Wildman–Crippen LogP) is 5.86. The molecule has 11 nitrogen and oxygen atoms in total. The Morgan fingerprint density at radius 3 is 1.60 bits per heavy atom. The zero-order valence-electron chi connectivity index (χ0n) is 26.1. The van der Waals surface area contributed by atoms with Crippen LogP contribution in [0.1, 0.15) is 63.7 Å². The van der Waals surface area contributed by atoms with Gasteiger partial charge in [0.05, 0.1) is 43.1 Å². The average molecular weight is 647 g/mol. The van der Waals surface area contributed by atoms with Gasteiger partial charge in [0.15, 0.2) is 6.29 Å². The first-order valence-electron chi connectivity index (χ1n) is 15.0. The summed E-state index contributed by atoms with van der Waals surface area (Å²) in [6.07, 6.45) is 5.99. The molecule has 0 aliphatic rings. The highest BCUT2D eigenvalue weighted by molar-refractivity contribution is 5.93. The van der Waals surface area contributed by atoms with E-state index in [0.29, 0.717) is 37.4 Å². The summed E-state index contributed by atoms with van der Waals surface area (Å²) in [5.74, 6) is -1.16. The zero-order chi connectivity index (χ0) is 33.9. The van der Waals surface area contributed by atoms with E-state index in [-0.39, 0.29) is 35.8 Å². The maximum atomic E-state index is 12.6. The lowest BCUT2D eigenvalue weighted by molar-refractivity contribution is -0.137. The van der Waals surface area contributed by atoms with Gasteiger partial charge < -0.3 is 33.5 Å². The largest absolute Gasteiger partial charge is 0.494 e. The highest BCUT2D eigenvalue weighted by atomic mass is 16.6. The van der Waals surface area contributed by atoms with Gasteiger partial charge in [-0.1, -0.05) is 12.7 Å². The lowest BCUT2D eigenvalue weighted by atomic mass is 10.2. The van der Waals surface area contributed by atoms with Crippen LogP contribution in [0.15, 0.2) is 97.6 Å². The van der Waals surface area contributed by atoms with Gasteiger partial charge in [-0.25, -0.2) is 19.2 Å². The molecular weight excluding hydrogens is 608 g/mol. The van der Waals surface area contributed by atoms with Crippen molar-refractivity contribution in [3.8, 4) is 17.2 Å². The summed E-state index contributed by atoms with van der Waals surface area (Å²) in [6, 6.07) is 18.4. The average Bonchev–Trinajstić information content (AvgIpc) is 3.08. The highest BCUT2D eigenvalue weighted by Crippen LogP contribution is 2.19. The third-order valence-electron chi connectivity index (χ3n) is 6.33. The van der Waals surface area contributed by atoms with Gasteiger partial charge >= 0.3 is 23.9 Å². The van der Waals surface area contributed by atoms with E-state index < -0.39 is 30.2 Å². The van der Waals surface area contributed by atoms with Crippen molar-refractivity contribution in [1.29, 1.82) is 0 Å². The van der Waals surface area contributed by atoms with Crippen molar-refractivity contribution >= 4 is 23.9 Å². The molecule has 0 saturated heterocycles. The molecule has 47 heavy (non-hydrogen) atoms. The molecule has 11 heteroatoms. The topological polar surface area (TPSA) is 144 Å². The van der Waals surface area contributed by atoms with Crippen LogP contribution >= 0.6 is 0 Å². The Morgan fingerprint density at radius 1 is 0.638 bits per heavy atom. The smallest absolute Gasteiger partial charge is 0.343 e. The van der Waals surface area contributed by atoms with Crippen molar-refractivity contribution in [2.75, 3.05) is 26.4 Å². The summed E-state index contributed by atoms with van der Waals surface area (Å²) in [4.78, 5) is 48.4. The number of carbonyl (C=O) groups excluding carboxylic acids is 4. The second kappa shape index (κ2) is 20.0. The first kappa shape index (κ1) is 36.2. The van der Waals surface area contributed by atoms with Crippen LogP contribution in [0.5, 0.6) is 17.2 Å². The van der Waals surface area contributed by atoms with Crippen LogP contribution < -0.4 is 14.2 Å². The summed E-state index contributed by atoms with van der Waals surface area (Å²) in [5, 5.41) is 9.48. The lowest BCUT2D eigenvalue weighted by Gasteiger charge is -2.09. The molecule has 3 aromatic carbocycles. The molecule has 248 valence electrons. The molecule has 3 rings (SSSR count). The Kier molecular flexibility index (Phi) is 15.4. The first-order chi connectivity index (χ1) is 22.8. The van der Waals surface area contributed by atoms with E-state index in [2.05, 4.69) is 6.58 Å². The molecular formula is C36H38O11. The number of hydrogen-bond acceptors (Lipinski definition) is 11. The molecule has 3 aromatic rings. The molecule has 0 fully saturated rings. The number of benzene rings is 3. The Labute approximate surface area is 273 Å². The Hall–Kier alpha value is -5.26. The van der Waals surface area contributed by atoms with Gasteiger partial charge in [0.2, 0.25) is 0 Å². The van der Waals surface area contributed by atoms with E-state index in [1.165, 1.54) is 48.5 Å². The Bertz CT molecular complexity index is 1480. The summed E-state index contributed by atoms with van der Waals surface area (Å²) in [7, 11) is 0. The zero-order valence-corrected chi connectivity index (χ0v) is 26.1. The fraction of sp³-hybridized carbons (Fsp3) is 0.278. The monoisotopic (exact) mass is 646 g/mol. The van der Waals surface area contributed by atoms with Crippen LogP contribution in [0.2, 0.25) is 0 Å². The summed E-state index contributed by atoms with van der Waals surface area (Å²) < 4.78 is 31.7. The lowest BCUT2D eigenvalue weighted by Crippen LogP contribution is -2.11. The van der Waals surface area contributed by atoms with Gasteiger partial charge in [0.1, 0.15) is 17.2 Å². The van der Waals surface area contributed by atoms with Crippen molar-refractivity contribution in [2.24, 2.45) is 0 Å². The van der Waals surface area contributed by atoms with E-state index in [1.807, 2.05) is 0 Å². The van der Waals surface area contributed by atoms with Crippen LogP contribution in [0.4, 0.5) is 0 Å². The number of unbranched alkanes of at least 4 members (excludes halogenated alkanes) is 2. The molecule has 0 aromatic heterocycles. The highest BCUT2D eigenvalue weighted by Gasteiger charge is 2.13. The number of allylic oxidation sites excluding steroid dienone is 1. The molecule has 0 heterocycles. The number of rotatable bonds is 19. The summed E-state index contributed by atoms with van der Waals surface area (Å²) in [5.41, 5.74) is 0.843. The number of carbonyl (C=O) groups is 4. The van der Waals surface area contributed by atoms with Crippen molar-refractivity contribution in [3.05, 3.63) is 114 Å². The van der Waals surface area contributed by atoms with Crippen LogP contribution in [0.3, 0.4) is 0 Å². The Morgan fingerprint density at radius 2 is 1.09 bits per heavy atom. The minimum absolute atomic E-state index is 0.163. The number of hydrogen-bond donors (Lipinski definition) is 1. The maximum Gasteiger partial charge on any atom is 0.343 e. The molecule has 1 atom stereocenters. The fourth-order valence-electron chi connectivity index (χ4n) is 3.84. The molecule has 0 spiro atoms. The normalized spacial score (nSPS) is 11.4. The van der Waals surface area contributed by atoms with Crippen LogP contribution in [-0.4, -0.2) is 61.7 Å². The third kappa shape index (κ3) is 13.3. The minimum Gasteiger partial charge on any atom is -0.494 e. The quantitative estimate of drug-likeness (QED) is 0.0418. The summed E-state index contributed by atoms with van der Waals surface area (Å²) in [6.45, 7) is 6.37. The molecule has 1 N–H and O–H groups in total. The Balaban J connectivity index is 1.38. The van der Waals surface area contributed by atoms with Gasteiger partial charge in [-0.2, -0.15) is 0 Å². The third-order valence-corrected chi connectivity index (χ3v) is 6.33. The molecule has 1 unspecified atom stereocenters. The van der Waals surface area contributed by atoms with Crippen LogP contribution in [0.25, 0.3) is 0 Å². The van der Waals surface area contributed by atoms with Gasteiger partial charge in [-0.15, -0.1) is 0 Å². The summed E-state index contributed by atoms with van der Waals surface area (Å²) >= 11 is 0. The number of aliphatic hydroxyl groups is 1. The van der Waals surface area contributed by atoms with Gasteiger partial charge in [0, 0.05) is 6.08 Å². The first-order valence-corrected chi connectivity index (χ1v) is 15.0. The molecule has 0 aliphatic heterocycles. The second-order valence-electron chi connectivity index (χ2n) is 9.91. The predicted molar refractivity (Wildman–Crippen MR) is 171 cm³/mol. The number of ether oxygens (including phenoxy) is 6. The molecule has 0 radical (unpaired) electrons. The number of aliphatic hydroxyl groups excluding tert-OH is 1. The van der Waals surface area contributed by atoms with E-state index in [9.17, 15) is 24.3 Å². The molecule has 0 amide bonds. The van der Waals surface area contributed by atoms with E-state index in [1.54, 1.807) is 43.3 Å². The SMILES string of the molecule is C=CC(=O)OCCCCOC(=O)c1ccc(OC(=O)c2ccc(OC(=O)c3ccc(OCCCCOC(O)/C=C/C)cc3)cc2)cc1. The van der Waals surface area contributed by atoms with E-state index in [4.69, 9.17) is 28.4 Å². The van der Waals surface area contributed by atoms with Crippen LogP contribution in [0, 0.1) is 0 Å². The van der Waals surface area contributed by atoms with Crippen molar-refractivity contribution in [1.82, 2.24) is 0 Å². The van der Waals surface area contributed by atoms with Gasteiger partial charge in [0.25, 0.3) is 0 Å². The van der Waals surface area contributed by atoms with Gasteiger partial charge in [-0.3, -0.25) is 0 Å². The molecule has 0 saturated carbocycles. The maximum absolute atomic E-state index is 12.6. The van der Waals surface area contributed by atoms with E-state index >= 15 is 0 Å². The molecule has 0 aliphatic carbocycles. The van der Waals surface area contributed by atoms with E-state index in [0.717, 1.165) is 18.9 Å². The van der Waals surface area contributed by atoms with Crippen LogP contribution in [-0.2, 0) is 19.0 Å². The van der Waals surface area contributed by atoms with Gasteiger partial charge in [-0.05, 0) is 111 Å². The van der Waals surface area contributed by atoms with Crippen molar-refractivity contribution in [2.45, 2.75) is 38.9 Å². The minimum atomic E-state index is -0.897. The standard InChI is InChI=1S/C36H38O11/c1-3-9-33(38)44-24-6-5-22-42-29-16-10-27(11-17-29)35(40)47-31-20-14-28(15-21-31)36(41)46-30-18-12-26(13-19-30)34(39)45-25-8-7-23-43-32(37)4-2/h3-4,9-21,33,38H,2,5-8,22-25H2,1H3/b9-3+. The molecule has 0 bridgehead atoms. The van der Waals surface area contributed by atoms with Crippen molar-refractivity contribution in [3.63, 3.8) is 0 Å². The second-order valence-corrected chi connectivity index (χ2v) is 9.91. The van der Waals surface area contributed by atoms with Crippen molar-refractivity contribution < 1.29 is 52.7 Å².